The number of H-pyrrole nitrogens is 1. The summed E-state index contributed by atoms with van der Waals surface area (Å²) in [7, 11) is 5.03. The zero-order valence-electron chi connectivity index (χ0n) is 17.4. The largest absolute Gasteiger partial charge is 0.497 e. The molecule has 2 aliphatic rings. The molecule has 3 aromatic rings. The molecule has 0 radical (unpaired) electrons. The third kappa shape index (κ3) is 2.55. The lowest BCUT2D eigenvalue weighted by molar-refractivity contribution is -0.127. The maximum atomic E-state index is 13.1. The molecule has 0 bridgehead atoms. The number of methoxy groups -OCH3 is 2. The number of carbonyl (C=O) groups excluding carboxylic acids is 1. The molecule has 2 aromatic carbocycles. The summed E-state index contributed by atoms with van der Waals surface area (Å²) in [6.45, 7) is 2.11. The molecule has 1 saturated heterocycles. The summed E-state index contributed by atoms with van der Waals surface area (Å²) in [5, 5.41) is 1.73. The lowest BCUT2D eigenvalue weighted by Crippen LogP contribution is -2.44. The number of hydrogen-bond acceptors (Lipinski definition) is 4. The van der Waals surface area contributed by atoms with Gasteiger partial charge in [-0.25, -0.2) is 0 Å². The SMILES string of the molecule is COc1cc(OC)cc(C2c3[nH]c4cccc(C)c4c3CC3C(=O)N(C)C(=S)N32)c1. The number of nitrogens with one attached hydrogen (secondary N) is 1. The number of hydrogen-bond donors (Lipinski definition) is 1. The van der Waals surface area contributed by atoms with Crippen LogP contribution in [0.5, 0.6) is 11.5 Å². The maximum absolute atomic E-state index is 13.1. The lowest BCUT2D eigenvalue weighted by atomic mass is 9.88. The van der Waals surface area contributed by atoms with Crippen molar-refractivity contribution in [3.63, 3.8) is 0 Å². The van der Waals surface area contributed by atoms with Crippen LogP contribution < -0.4 is 9.47 Å². The number of ether oxygens (including phenoxy) is 2. The Morgan fingerprint density at radius 3 is 2.50 bits per heavy atom. The van der Waals surface area contributed by atoms with Crippen LogP contribution in [-0.2, 0) is 11.2 Å². The highest BCUT2D eigenvalue weighted by Crippen LogP contribution is 2.45. The predicted molar refractivity (Wildman–Crippen MR) is 119 cm³/mol. The molecule has 0 saturated carbocycles. The molecular formula is C23H23N3O3S. The first-order valence-electron chi connectivity index (χ1n) is 9.87. The highest BCUT2D eigenvalue weighted by atomic mass is 32.1. The highest BCUT2D eigenvalue weighted by molar-refractivity contribution is 7.80. The Morgan fingerprint density at radius 2 is 1.83 bits per heavy atom. The molecule has 1 fully saturated rings. The standard InChI is InChI=1S/C23H23N3O3S/c1-12-6-5-7-17-19(12)16-11-18-22(27)25(2)23(30)26(18)21(20(16)24-17)13-8-14(28-3)10-15(9-13)29-4/h5-10,18,21,24H,11H2,1-4H3. The van der Waals surface area contributed by atoms with E-state index in [1.54, 1.807) is 26.2 Å². The van der Waals surface area contributed by atoms with Crippen LogP contribution in [-0.4, -0.2) is 53.1 Å². The number of likely N-dealkylation sites (N-methyl/N-ethyl adjacent to an activating group) is 1. The number of amides is 1. The van der Waals surface area contributed by atoms with Crippen LogP contribution in [0.2, 0.25) is 0 Å². The summed E-state index contributed by atoms with van der Waals surface area (Å²) in [4.78, 5) is 20.3. The van der Waals surface area contributed by atoms with Gasteiger partial charge in [0.1, 0.15) is 17.5 Å². The fourth-order valence-corrected chi connectivity index (χ4v) is 5.16. The Bertz CT molecular complexity index is 1180. The van der Waals surface area contributed by atoms with Crippen molar-refractivity contribution in [1.29, 1.82) is 0 Å². The van der Waals surface area contributed by atoms with Crippen LogP contribution in [0.3, 0.4) is 0 Å². The third-order valence-electron chi connectivity index (χ3n) is 6.27. The number of nitrogens with zero attached hydrogens (tertiary/aromatic N) is 2. The second-order valence-corrected chi connectivity index (χ2v) is 8.24. The molecule has 2 atom stereocenters. The van der Waals surface area contributed by atoms with Crippen molar-refractivity contribution in [3.05, 3.63) is 58.8 Å². The first-order valence-corrected chi connectivity index (χ1v) is 10.3. The Hall–Kier alpha value is -3.06. The smallest absolute Gasteiger partial charge is 0.251 e. The lowest BCUT2D eigenvalue weighted by Gasteiger charge is -2.37. The predicted octanol–water partition coefficient (Wildman–Crippen LogP) is 3.57. The van der Waals surface area contributed by atoms with Crippen molar-refractivity contribution in [2.75, 3.05) is 21.3 Å². The molecule has 30 heavy (non-hydrogen) atoms. The average molecular weight is 422 g/mol. The molecule has 0 spiro atoms. The molecule has 3 heterocycles. The normalized spacial score (nSPS) is 20.5. The van der Waals surface area contributed by atoms with Crippen molar-refractivity contribution in [3.8, 4) is 11.5 Å². The third-order valence-corrected chi connectivity index (χ3v) is 6.75. The van der Waals surface area contributed by atoms with Crippen LogP contribution in [0, 0.1) is 6.92 Å². The Balaban J connectivity index is 1.80. The number of aryl methyl sites for hydroxylation is 1. The topological polar surface area (TPSA) is 57.8 Å². The number of carbonyl (C=O) groups is 1. The molecule has 1 amide bonds. The first-order chi connectivity index (χ1) is 14.4. The minimum atomic E-state index is -0.323. The number of aromatic nitrogens is 1. The average Bonchev–Trinajstić information content (AvgIpc) is 3.23. The van der Waals surface area contributed by atoms with Gasteiger partial charge in [0, 0.05) is 36.1 Å². The van der Waals surface area contributed by atoms with E-state index in [1.807, 2.05) is 24.3 Å². The van der Waals surface area contributed by atoms with E-state index in [9.17, 15) is 4.79 Å². The maximum Gasteiger partial charge on any atom is 0.251 e. The molecule has 6 nitrogen and oxygen atoms in total. The van der Waals surface area contributed by atoms with Gasteiger partial charge in [-0.3, -0.25) is 9.69 Å². The number of benzene rings is 2. The Labute approximate surface area is 180 Å². The molecule has 5 rings (SSSR count). The summed E-state index contributed by atoms with van der Waals surface area (Å²) >= 11 is 5.71. The van der Waals surface area contributed by atoms with Crippen molar-refractivity contribution < 1.29 is 14.3 Å². The highest BCUT2D eigenvalue weighted by Gasteiger charge is 2.49. The van der Waals surface area contributed by atoms with Gasteiger partial charge < -0.3 is 19.4 Å². The van der Waals surface area contributed by atoms with E-state index >= 15 is 0 Å². The van der Waals surface area contributed by atoms with Crippen LogP contribution >= 0.6 is 12.2 Å². The van der Waals surface area contributed by atoms with Gasteiger partial charge in [-0.15, -0.1) is 0 Å². The van der Waals surface area contributed by atoms with E-state index < -0.39 is 0 Å². The van der Waals surface area contributed by atoms with Crippen molar-refractivity contribution >= 4 is 34.1 Å². The van der Waals surface area contributed by atoms with Crippen LogP contribution in [0.15, 0.2) is 36.4 Å². The Kier molecular flexibility index (Phi) is 4.25. The molecule has 0 aliphatic carbocycles. The molecular weight excluding hydrogens is 398 g/mol. The molecule has 2 unspecified atom stereocenters. The number of thiocarbonyl (C=S) groups is 1. The summed E-state index contributed by atoms with van der Waals surface area (Å²) in [6.07, 6.45) is 0.626. The van der Waals surface area contributed by atoms with Gasteiger partial charge in [0.15, 0.2) is 5.11 Å². The van der Waals surface area contributed by atoms with Gasteiger partial charge in [-0.05, 0) is 54.0 Å². The fraction of sp³-hybridized carbons (Fsp3) is 0.304. The second-order valence-electron chi connectivity index (χ2n) is 7.87. The van der Waals surface area contributed by atoms with Crippen molar-refractivity contribution in [2.45, 2.75) is 25.4 Å². The summed E-state index contributed by atoms with van der Waals surface area (Å²) in [6, 6.07) is 11.5. The van der Waals surface area contributed by atoms with Gasteiger partial charge in [-0.2, -0.15) is 0 Å². The number of fused-ring (bicyclic) bond motifs is 4. The Morgan fingerprint density at radius 1 is 1.13 bits per heavy atom. The summed E-state index contributed by atoms with van der Waals surface area (Å²) in [5.74, 6) is 1.43. The second kappa shape index (κ2) is 6.74. The van der Waals surface area contributed by atoms with Crippen molar-refractivity contribution in [2.24, 2.45) is 0 Å². The molecule has 154 valence electrons. The van der Waals surface area contributed by atoms with Gasteiger partial charge in [0.2, 0.25) is 0 Å². The van der Waals surface area contributed by atoms with E-state index in [0.717, 1.165) is 16.8 Å². The zero-order valence-corrected chi connectivity index (χ0v) is 18.2. The molecule has 1 aromatic heterocycles. The van der Waals surface area contributed by atoms with Gasteiger partial charge >= 0.3 is 0 Å². The van der Waals surface area contributed by atoms with E-state index in [-0.39, 0.29) is 18.0 Å². The monoisotopic (exact) mass is 421 g/mol. The minimum absolute atomic E-state index is 0.0356. The summed E-state index contributed by atoms with van der Waals surface area (Å²) < 4.78 is 11.0. The van der Waals surface area contributed by atoms with Crippen LogP contribution in [0.25, 0.3) is 10.9 Å². The van der Waals surface area contributed by atoms with Gasteiger partial charge in [0.05, 0.1) is 20.3 Å². The first kappa shape index (κ1) is 18.9. The molecule has 2 aliphatic heterocycles. The van der Waals surface area contributed by atoms with E-state index in [4.69, 9.17) is 21.7 Å². The van der Waals surface area contributed by atoms with Gasteiger partial charge in [0.25, 0.3) is 5.91 Å². The van der Waals surface area contributed by atoms with E-state index in [0.29, 0.717) is 23.0 Å². The van der Waals surface area contributed by atoms with Crippen LogP contribution in [0.4, 0.5) is 0 Å². The summed E-state index contributed by atoms with van der Waals surface area (Å²) in [5.41, 5.74) is 5.49. The molecule has 7 heteroatoms. The van der Waals surface area contributed by atoms with Crippen molar-refractivity contribution in [1.82, 2.24) is 14.8 Å². The van der Waals surface area contributed by atoms with E-state index in [1.165, 1.54) is 16.5 Å². The minimum Gasteiger partial charge on any atom is -0.497 e. The van der Waals surface area contributed by atoms with Gasteiger partial charge in [-0.1, -0.05) is 12.1 Å². The fourth-order valence-electron chi connectivity index (χ4n) is 4.84. The van der Waals surface area contributed by atoms with E-state index in [2.05, 4.69) is 28.9 Å². The molecule has 1 N–H and O–H groups in total. The van der Waals surface area contributed by atoms with Crippen LogP contribution in [0.1, 0.15) is 28.4 Å². The zero-order chi connectivity index (χ0) is 21.2. The number of rotatable bonds is 3. The number of aromatic amines is 1. The quantitative estimate of drug-likeness (QED) is 0.656.